The molecule has 0 aliphatic carbocycles. The highest BCUT2D eigenvalue weighted by Gasteiger charge is 2.12. The fourth-order valence-electron chi connectivity index (χ4n) is 1.40. The molecule has 1 atom stereocenters. The number of aromatic nitrogens is 2. The molecule has 0 aliphatic heterocycles. The van der Waals surface area contributed by atoms with Crippen molar-refractivity contribution in [1.82, 2.24) is 15.5 Å². The van der Waals surface area contributed by atoms with Crippen LogP contribution >= 0.6 is 11.3 Å². The standard InChI is InChI=1S/C11H13N3O2S/c1-7-4-9(14-13-7)11(16)12-5-10(15)8-2-3-17-6-8/h2-4,6,10,15H,5H2,1H3,(H,12,16)(H,13,14). The van der Waals surface area contributed by atoms with Gasteiger partial charge in [0.05, 0.1) is 6.10 Å². The Labute approximate surface area is 102 Å². The first kappa shape index (κ1) is 11.8. The molecule has 5 nitrogen and oxygen atoms in total. The number of hydrogen-bond donors (Lipinski definition) is 3. The largest absolute Gasteiger partial charge is 0.387 e. The van der Waals surface area contributed by atoms with E-state index >= 15 is 0 Å². The van der Waals surface area contributed by atoms with Crippen LogP contribution in [0.15, 0.2) is 22.9 Å². The van der Waals surface area contributed by atoms with Gasteiger partial charge in [0.15, 0.2) is 0 Å². The average Bonchev–Trinajstić information content (AvgIpc) is 2.95. The summed E-state index contributed by atoms with van der Waals surface area (Å²) in [6, 6.07) is 3.49. The van der Waals surface area contributed by atoms with Crippen molar-refractivity contribution >= 4 is 17.2 Å². The molecular formula is C11H13N3O2S. The molecule has 0 radical (unpaired) electrons. The molecule has 2 heterocycles. The van der Waals surface area contributed by atoms with Crippen LogP contribution in [-0.4, -0.2) is 27.8 Å². The molecule has 0 saturated heterocycles. The van der Waals surface area contributed by atoms with Crippen molar-refractivity contribution < 1.29 is 9.90 Å². The molecule has 0 spiro atoms. The van der Waals surface area contributed by atoms with Crippen molar-refractivity contribution in [3.63, 3.8) is 0 Å². The average molecular weight is 251 g/mol. The Morgan fingerprint density at radius 3 is 3.12 bits per heavy atom. The Morgan fingerprint density at radius 1 is 1.71 bits per heavy atom. The zero-order chi connectivity index (χ0) is 12.3. The molecule has 2 aromatic heterocycles. The fraction of sp³-hybridized carbons (Fsp3) is 0.273. The summed E-state index contributed by atoms with van der Waals surface area (Å²) in [5.41, 5.74) is 1.97. The van der Waals surface area contributed by atoms with Gasteiger partial charge in [0, 0.05) is 12.2 Å². The molecule has 2 aromatic rings. The van der Waals surface area contributed by atoms with Crippen molar-refractivity contribution in [1.29, 1.82) is 0 Å². The van der Waals surface area contributed by atoms with Gasteiger partial charge < -0.3 is 10.4 Å². The Kier molecular flexibility index (Phi) is 3.55. The second-order valence-electron chi connectivity index (χ2n) is 3.72. The van der Waals surface area contributed by atoms with Crippen LogP contribution in [0.4, 0.5) is 0 Å². The molecule has 2 rings (SSSR count). The van der Waals surface area contributed by atoms with Gasteiger partial charge >= 0.3 is 0 Å². The molecule has 1 unspecified atom stereocenters. The second-order valence-corrected chi connectivity index (χ2v) is 4.50. The highest BCUT2D eigenvalue weighted by molar-refractivity contribution is 7.07. The van der Waals surface area contributed by atoms with E-state index in [1.54, 1.807) is 6.07 Å². The number of nitrogens with zero attached hydrogens (tertiary/aromatic N) is 1. The third-order valence-corrected chi connectivity index (χ3v) is 3.02. The number of aryl methyl sites for hydroxylation is 1. The molecule has 0 aromatic carbocycles. The summed E-state index contributed by atoms with van der Waals surface area (Å²) in [5.74, 6) is -0.288. The van der Waals surface area contributed by atoms with Gasteiger partial charge in [0.25, 0.3) is 5.91 Å². The lowest BCUT2D eigenvalue weighted by Gasteiger charge is -2.09. The van der Waals surface area contributed by atoms with Gasteiger partial charge in [-0.2, -0.15) is 16.4 Å². The number of thiophene rings is 1. The van der Waals surface area contributed by atoms with E-state index < -0.39 is 6.10 Å². The maximum Gasteiger partial charge on any atom is 0.271 e. The van der Waals surface area contributed by atoms with Crippen LogP contribution < -0.4 is 5.32 Å². The summed E-state index contributed by atoms with van der Waals surface area (Å²) < 4.78 is 0. The number of nitrogens with one attached hydrogen (secondary N) is 2. The number of rotatable bonds is 4. The molecule has 6 heteroatoms. The molecule has 1 amide bonds. The van der Waals surface area contributed by atoms with Crippen LogP contribution in [0.3, 0.4) is 0 Å². The number of carbonyl (C=O) groups is 1. The van der Waals surface area contributed by atoms with Gasteiger partial charge in [-0.15, -0.1) is 0 Å². The third-order valence-electron chi connectivity index (χ3n) is 2.32. The molecule has 0 fully saturated rings. The summed E-state index contributed by atoms with van der Waals surface area (Å²) in [5, 5.41) is 22.7. The minimum Gasteiger partial charge on any atom is -0.387 e. The van der Waals surface area contributed by atoms with E-state index in [0.717, 1.165) is 11.3 Å². The number of aliphatic hydroxyl groups excluding tert-OH is 1. The predicted octanol–water partition coefficient (Wildman–Crippen LogP) is 1.24. The number of hydrogen-bond acceptors (Lipinski definition) is 4. The van der Waals surface area contributed by atoms with Gasteiger partial charge in [0.2, 0.25) is 0 Å². The van der Waals surface area contributed by atoms with Crippen molar-refractivity contribution in [2.75, 3.05) is 6.54 Å². The SMILES string of the molecule is Cc1cc(C(=O)NCC(O)c2ccsc2)n[nH]1. The minimum absolute atomic E-state index is 0.182. The first-order valence-corrected chi connectivity index (χ1v) is 6.11. The third kappa shape index (κ3) is 2.92. The van der Waals surface area contributed by atoms with Crippen molar-refractivity contribution in [3.05, 3.63) is 39.8 Å². The molecule has 3 N–H and O–H groups in total. The first-order valence-electron chi connectivity index (χ1n) is 5.17. The topological polar surface area (TPSA) is 78.0 Å². The van der Waals surface area contributed by atoms with E-state index in [1.165, 1.54) is 11.3 Å². The smallest absolute Gasteiger partial charge is 0.271 e. The lowest BCUT2D eigenvalue weighted by molar-refractivity contribution is 0.0911. The molecule has 0 saturated carbocycles. The highest BCUT2D eigenvalue weighted by atomic mass is 32.1. The molecule has 0 bridgehead atoms. The number of carbonyl (C=O) groups excluding carboxylic acids is 1. The van der Waals surface area contributed by atoms with Crippen LogP contribution in [0.25, 0.3) is 0 Å². The fourth-order valence-corrected chi connectivity index (χ4v) is 2.10. The number of H-pyrrole nitrogens is 1. The maximum absolute atomic E-state index is 11.6. The summed E-state index contributed by atoms with van der Waals surface area (Å²) >= 11 is 1.51. The highest BCUT2D eigenvalue weighted by Crippen LogP contribution is 2.15. The zero-order valence-corrected chi connectivity index (χ0v) is 10.1. The summed E-state index contributed by atoms with van der Waals surface area (Å²) in [7, 11) is 0. The van der Waals surface area contributed by atoms with Crippen LogP contribution in [0, 0.1) is 6.92 Å². The Morgan fingerprint density at radius 2 is 2.53 bits per heavy atom. The lowest BCUT2D eigenvalue weighted by atomic mass is 10.2. The summed E-state index contributed by atoms with van der Waals surface area (Å²) in [6.07, 6.45) is -0.676. The zero-order valence-electron chi connectivity index (χ0n) is 9.30. The van der Waals surface area contributed by atoms with Crippen molar-refractivity contribution in [3.8, 4) is 0 Å². The van der Waals surface area contributed by atoms with Gasteiger partial charge in [-0.25, -0.2) is 0 Å². The quantitative estimate of drug-likeness (QED) is 0.765. The maximum atomic E-state index is 11.6. The van der Waals surface area contributed by atoms with E-state index in [0.29, 0.717) is 5.69 Å². The summed E-state index contributed by atoms with van der Waals surface area (Å²) in [4.78, 5) is 11.6. The lowest BCUT2D eigenvalue weighted by Crippen LogP contribution is -2.28. The van der Waals surface area contributed by atoms with E-state index in [2.05, 4.69) is 15.5 Å². The van der Waals surface area contributed by atoms with E-state index in [4.69, 9.17) is 0 Å². The monoisotopic (exact) mass is 251 g/mol. The Balaban J connectivity index is 1.88. The van der Waals surface area contributed by atoms with Gasteiger partial charge in [-0.1, -0.05) is 0 Å². The predicted molar refractivity (Wildman–Crippen MR) is 64.9 cm³/mol. The number of aromatic amines is 1. The Bertz CT molecular complexity index is 493. The number of amides is 1. The van der Waals surface area contributed by atoms with Crippen LogP contribution in [0.5, 0.6) is 0 Å². The van der Waals surface area contributed by atoms with Crippen LogP contribution in [0.1, 0.15) is 27.8 Å². The number of aliphatic hydroxyl groups is 1. The van der Waals surface area contributed by atoms with E-state index in [-0.39, 0.29) is 12.5 Å². The van der Waals surface area contributed by atoms with E-state index in [9.17, 15) is 9.90 Å². The van der Waals surface area contributed by atoms with Crippen LogP contribution in [0.2, 0.25) is 0 Å². The molecule has 90 valence electrons. The Hall–Kier alpha value is -1.66. The van der Waals surface area contributed by atoms with Crippen molar-refractivity contribution in [2.24, 2.45) is 0 Å². The van der Waals surface area contributed by atoms with Gasteiger partial charge in [0.1, 0.15) is 5.69 Å². The first-order chi connectivity index (χ1) is 8.16. The summed E-state index contributed by atoms with van der Waals surface area (Å²) in [6.45, 7) is 2.01. The second kappa shape index (κ2) is 5.11. The van der Waals surface area contributed by atoms with Gasteiger partial charge in [-0.3, -0.25) is 9.89 Å². The van der Waals surface area contributed by atoms with Gasteiger partial charge in [-0.05, 0) is 35.4 Å². The van der Waals surface area contributed by atoms with E-state index in [1.807, 2.05) is 23.8 Å². The minimum atomic E-state index is -0.676. The molecule has 0 aliphatic rings. The van der Waals surface area contributed by atoms with Crippen LogP contribution in [-0.2, 0) is 0 Å². The molecule has 17 heavy (non-hydrogen) atoms. The normalized spacial score (nSPS) is 12.4. The van der Waals surface area contributed by atoms with Crippen molar-refractivity contribution in [2.45, 2.75) is 13.0 Å². The molecular weight excluding hydrogens is 238 g/mol.